The lowest BCUT2D eigenvalue weighted by molar-refractivity contribution is 0.310. The van der Waals surface area contributed by atoms with E-state index in [4.69, 9.17) is 10.5 Å². The molecule has 0 spiro atoms. The van der Waals surface area contributed by atoms with E-state index >= 15 is 0 Å². The highest BCUT2D eigenvalue weighted by atomic mass is 16.5. The number of fused-ring (bicyclic) bond motifs is 1. The van der Waals surface area contributed by atoms with E-state index in [2.05, 4.69) is 12.1 Å². The van der Waals surface area contributed by atoms with Gasteiger partial charge in [-0.05, 0) is 17.7 Å². The van der Waals surface area contributed by atoms with Crippen molar-refractivity contribution in [2.75, 3.05) is 5.73 Å². The van der Waals surface area contributed by atoms with Crippen LogP contribution < -0.4 is 10.5 Å². The van der Waals surface area contributed by atoms with Crippen LogP contribution in [0.3, 0.4) is 0 Å². The van der Waals surface area contributed by atoms with Gasteiger partial charge in [-0.25, -0.2) is 0 Å². The smallest absolute Gasteiger partial charge is 0.127 e. The number of rotatable bonds is 3. The van der Waals surface area contributed by atoms with Gasteiger partial charge in [0.15, 0.2) is 0 Å². The zero-order valence-corrected chi connectivity index (χ0v) is 10.5. The van der Waals surface area contributed by atoms with E-state index in [1.165, 1.54) is 0 Å². The second-order valence-electron chi connectivity index (χ2n) is 4.47. The molecular formula is C17H15NO. The average molecular weight is 249 g/mol. The number of nitrogens with two attached hydrogens (primary N) is 1. The van der Waals surface area contributed by atoms with Gasteiger partial charge >= 0.3 is 0 Å². The fourth-order valence-corrected chi connectivity index (χ4v) is 2.16. The van der Waals surface area contributed by atoms with E-state index < -0.39 is 0 Å². The topological polar surface area (TPSA) is 35.2 Å². The summed E-state index contributed by atoms with van der Waals surface area (Å²) in [6.45, 7) is 0.564. The van der Waals surface area contributed by atoms with Crippen LogP contribution in [0.5, 0.6) is 5.75 Å². The van der Waals surface area contributed by atoms with Crippen molar-refractivity contribution in [1.29, 1.82) is 0 Å². The Kier molecular flexibility index (Phi) is 3.07. The van der Waals surface area contributed by atoms with Crippen molar-refractivity contribution < 1.29 is 4.74 Å². The van der Waals surface area contributed by atoms with Gasteiger partial charge in [-0.1, -0.05) is 54.6 Å². The summed E-state index contributed by atoms with van der Waals surface area (Å²) >= 11 is 0. The van der Waals surface area contributed by atoms with E-state index in [0.717, 1.165) is 27.8 Å². The minimum absolute atomic E-state index is 0.564. The van der Waals surface area contributed by atoms with Gasteiger partial charge < -0.3 is 10.5 Å². The zero-order valence-electron chi connectivity index (χ0n) is 10.5. The SMILES string of the molecule is Nc1ccc(OCc2ccccc2)c2ccccc12. The maximum Gasteiger partial charge on any atom is 0.127 e. The van der Waals surface area contributed by atoms with Gasteiger partial charge in [0.2, 0.25) is 0 Å². The molecule has 0 amide bonds. The fraction of sp³-hybridized carbons (Fsp3) is 0.0588. The molecule has 0 bridgehead atoms. The first-order valence-electron chi connectivity index (χ1n) is 6.28. The third-order valence-corrected chi connectivity index (χ3v) is 3.15. The van der Waals surface area contributed by atoms with E-state index in [1.54, 1.807) is 0 Å². The minimum Gasteiger partial charge on any atom is -0.488 e. The molecular weight excluding hydrogens is 234 g/mol. The van der Waals surface area contributed by atoms with Gasteiger partial charge in [0.25, 0.3) is 0 Å². The maximum absolute atomic E-state index is 5.98. The highest BCUT2D eigenvalue weighted by Gasteiger charge is 2.04. The lowest BCUT2D eigenvalue weighted by Crippen LogP contribution is -1.96. The monoisotopic (exact) mass is 249 g/mol. The molecule has 19 heavy (non-hydrogen) atoms. The van der Waals surface area contributed by atoms with Gasteiger partial charge in [-0.15, -0.1) is 0 Å². The molecule has 3 aromatic carbocycles. The number of benzene rings is 3. The van der Waals surface area contributed by atoms with Crippen LogP contribution in [0.25, 0.3) is 10.8 Å². The molecule has 2 nitrogen and oxygen atoms in total. The molecule has 94 valence electrons. The lowest BCUT2D eigenvalue weighted by atomic mass is 10.1. The summed E-state index contributed by atoms with van der Waals surface area (Å²) in [6.07, 6.45) is 0. The normalized spacial score (nSPS) is 10.5. The molecule has 0 heterocycles. The molecule has 0 aromatic heterocycles. The first-order valence-corrected chi connectivity index (χ1v) is 6.28. The minimum atomic E-state index is 0.564. The summed E-state index contributed by atoms with van der Waals surface area (Å²) in [7, 11) is 0. The van der Waals surface area contributed by atoms with Crippen LogP contribution in [-0.2, 0) is 6.61 Å². The van der Waals surface area contributed by atoms with Crippen molar-refractivity contribution in [3.05, 3.63) is 72.3 Å². The molecule has 0 saturated heterocycles. The molecule has 3 aromatic rings. The molecule has 0 aliphatic rings. The summed E-state index contributed by atoms with van der Waals surface area (Å²) < 4.78 is 5.90. The summed E-state index contributed by atoms with van der Waals surface area (Å²) in [5.74, 6) is 0.869. The molecule has 0 unspecified atom stereocenters. The lowest BCUT2D eigenvalue weighted by Gasteiger charge is -2.10. The Labute approximate surface area is 112 Å². The molecule has 0 fully saturated rings. The number of hydrogen-bond donors (Lipinski definition) is 1. The summed E-state index contributed by atoms with van der Waals surface area (Å²) in [5, 5.41) is 2.09. The molecule has 0 atom stereocenters. The molecule has 0 aliphatic carbocycles. The quantitative estimate of drug-likeness (QED) is 0.712. The third-order valence-electron chi connectivity index (χ3n) is 3.15. The molecule has 2 heteroatoms. The molecule has 0 aliphatic heterocycles. The molecule has 3 rings (SSSR count). The Balaban J connectivity index is 1.91. The Morgan fingerprint density at radius 3 is 2.21 bits per heavy atom. The first kappa shape index (κ1) is 11.6. The predicted molar refractivity (Wildman–Crippen MR) is 79.1 cm³/mol. The van der Waals surface area contributed by atoms with Gasteiger partial charge in [0.1, 0.15) is 12.4 Å². The predicted octanol–water partition coefficient (Wildman–Crippen LogP) is 4.00. The van der Waals surface area contributed by atoms with E-state index in [1.807, 2.05) is 54.6 Å². The van der Waals surface area contributed by atoms with Crippen molar-refractivity contribution in [3.63, 3.8) is 0 Å². The Morgan fingerprint density at radius 2 is 1.42 bits per heavy atom. The average Bonchev–Trinajstić information content (AvgIpc) is 2.48. The fourth-order valence-electron chi connectivity index (χ4n) is 2.16. The van der Waals surface area contributed by atoms with Crippen molar-refractivity contribution in [2.45, 2.75) is 6.61 Å². The summed E-state index contributed by atoms with van der Waals surface area (Å²) in [4.78, 5) is 0. The second kappa shape index (κ2) is 5.02. The van der Waals surface area contributed by atoms with Crippen molar-refractivity contribution in [1.82, 2.24) is 0 Å². The van der Waals surface area contributed by atoms with Gasteiger partial charge in [0.05, 0.1) is 0 Å². The Hall–Kier alpha value is -2.48. The zero-order chi connectivity index (χ0) is 13.1. The molecule has 2 N–H and O–H groups in total. The number of nitrogen functional groups attached to an aromatic ring is 1. The van der Waals surface area contributed by atoms with Crippen molar-refractivity contribution in [3.8, 4) is 5.75 Å². The number of hydrogen-bond acceptors (Lipinski definition) is 2. The third kappa shape index (κ3) is 2.38. The number of anilines is 1. The van der Waals surface area contributed by atoms with Crippen LogP contribution in [-0.4, -0.2) is 0 Å². The largest absolute Gasteiger partial charge is 0.488 e. The highest BCUT2D eigenvalue weighted by molar-refractivity contribution is 5.96. The first-order chi connectivity index (χ1) is 9.34. The van der Waals surface area contributed by atoms with E-state index in [9.17, 15) is 0 Å². The van der Waals surface area contributed by atoms with Gasteiger partial charge in [-0.3, -0.25) is 0 Å². The standard InChI is InChI=1S/C17H15NO/c18-16-10-11-17(15-9-5-4-8-14(15)16)19-12-13-6-2-1-3-7-13/h1-11H,12,18H2. The Morgan fingerprint density at radius 1 is 0.737 bits per heavy atom. The van der Waals surface area contributed by atoms with Crippen LogP contribution >= 0.6 is 0 Å². The second-order valence-corrected chi connectivity index (χ2v) is 4.47. The van der Waals surface area contributed by atoms with Crippen LogP contribution in [0, 0.1) is 0 Å². The highest BCUT2D eigenvalue weighted by Crippen LogP contribution is 2.30. The van der Waals surface area contributed by atoms with E-state index in [0.29, 0.717) is 6.61 Å². The van der Waals surface area contributed by atoms with E-state index in [-0.39, 0.29) is 0 Å². The van der Waals surface area contributed by atoms with Crippen LogP contribution in [0.4, 0.5) is 5.69 Å². The van der Waals surface area contributed by atoms with Crippen LogP contribution in [0.15, 0.2) is 66.7 Å². The maximum atomic E-state index is 5.98. The van der Waals surface area contributed by atoms with Crippen LogP contribution in [0.2, 0.25) is 0 Å². The Bertz CT molecular complexity index is 692. The van der Waals surface area contributed by atoms with Crippen molar-refractivity contribution >= 4 is 16.5 Å². The van der Waals surface area contributed by atoms with Gasteiger partial charge in [0, 0.05) is 16.5 Å². The summed E-state index contributed by atoms with van der Waals surface area (Å²) in [5.41, 5.74) is 7.91. The summed E-state index contributed by atoms with van der Waals surface area (Å²) in [6, 6.07) is 22.0. The van der Waals surface area contributed by atoms with Gasteiger partial charge in [-0.2, -0.15) is 0 Å². The molecule has 0 radical (unpaired) electrons. The van der Waals surface area contributed by atoms with Crippen LogP contribution in [0.1, 0.15) is 5.56 Å². The number of ether oxygens (including phenoxy) is 1. The van der Waals surface area contributed by atoms with Crippen molar-refractivity contribution in [2.24, 2.45) is 0 Å². The molecule has 0 saturated carbocycles.